The van der Waals surface area contributed by atoms with Crippen LogP contribution < -0.4 is 0 Å². The molecule has 0 amide bonds. The Morgan fingerprint density at radius 2 is 2.12 bits per heavy atom. The minimum absolute atomic E-state index is 0.0237. The third-order valence-corrected chi connectivity index (χ3v) is 2.50. The zero-order chi connectivity index (χ0) is 12.8. The fraction of sp³-hybridized carbons (Fsp3) is 0.583. The molecule has 0 bridgehead atoms. The molecule has 0 aromatic carbocycles. The standard InChI is InChI=1S/C12H19N3O2/c1-9(2)7-15(8-12(16)17)10(3)11-6-13-4-5-14-11/h4-6,9-10H,7-8H2,1-3H3,(H,16,17). The number of aliphatic carboxylic acids is 1. The minimum Gasteiger partial charge on any atom is -0.480 e. The molecule has 1 aromatic rings. The summed E-state index contributed by atoms with van der Waals surface area (Å²) in [6.45, 7) is 6.84. The lowest BCUT2D eigenvalue weighted by Crippen LogP contribution is -2.35. The van der Waals surface area contributed by atoms with Gasteiger partial charge < -0.3 is 5.11 Å². The maximum atomic E-state index is 10.8. The molecule has 1 unspecified atom stereocenters. The number of carboxylic acid groups (broad SMARTS) is 1. The summed E-state index contributed by atoms with van der Waals surface area (Å²) >= 11 is 0. The summed E-state index contributed by atoms with van der Waals surface area (Å²) in [6.07, 6.45) is 4.92. The van der Waals surface area contributed by atoms with Gasteiger partial charge in [-0.25, -0.2) is 0 Å². The van der Waals surface area contributed by atoms with E-state index in [0.29, 0.717) is 5.92 Å². The van der Waals surface area contributed by atoms with E-state index in [1.165, 1.54) is 0 Å². The van der Waals surface area contributed by atoms with E-state index < -0.39 is 5.97 Å². The van der Waals surface area contributed by atoms with Gasteiger partial charge in [0.05, 0.1) is 18.3 Å². The van der Waals surface area contributed by atoms with Gasteiger partial charge in [-0.1, -0.05) is 13.8 Å². The van der Waals surface area contributed by atoms with Gasteiger partial charge in [-0.15, -0.1) is 0 Å². The van der Waals surface area contributed by atoms with E-state index in [4.69, 9.17) is 5.11 Å². The third-order valence-electron chi connectivity index (χ3n) is 2.50. The summed E-state index contributed by atoms with van der Waals surface area (Å²) in [4.78, 5) is 21.0. The van der Waals surface area contributed by atoms with Gasteiger partial charge in [0.2, 0.25) is 0 Å². The van der Waals surface area contributed by atoms with E-state index in [1.807, 2.05) is 11.8 Å². The zero-order valence-corrected chi connectivity index (χ0v) is 10.5. The second kappa shape index (κ2) is 6.30. The van der Waals surface area contributed by atoms with Gasteiger partial charge in [0.15, 0.2) is 0 Å². The molecule has 1 N–H and O–H groups in total. The molecular formula is C12H19N3O2. The van der Waals surface area contributed by atoms with Crippen molar-refractivity contribution in [2.24, 2.45) is 5.92 Å². The predicted octanol–water partition coefficient (Wildman–Crippen LogP) is 1.58. The predicted molar refractivity (Wildman–Crippen MR) is 64.5 cm³/mol. The van der Waals surface area contributed by atoms with Crippen molar-refractivity contribution in [1.29, 1.82) is 0 Å². The van der Waals surface area contributed by atoms with Crippen molar-refractivity contribution in [3.63, 3.8) is 0 Å². The van der Waals surface area contributed by atoms with Crippen LogP contribution in [0.5, 0.6) is 0 Å². The highest BCUT2D eigenvalue weighted by molar-refractivity contribution is 5.69. The van der Waals surface area contributed by atoms with Crippen LogP contribution in [0.2, 0.25) is 0 Å². The van der Waals surface area contributed by atoms with Crippen molar-refractivity contribution < 1.29 is 9.90 Å². The van der Waals surface area contributed by atoms with Crippen LogP contribution in [0.25, 0.3) is 0 Å². The number of carboxylic acids is 1. The molecule has 1 heterocycles. The lowest BCUT2D eigenvalue weighted by molar-refractivity contribution is -0.139. The maximum absolute atomic E-state index is 10.8. The van der Waals surface area contributed by atoms with Crippen molar-refractivity contribution >= 4 is 5.97 Å². The molecule has 0 aliphatic carbocycles. The summed E-state index contributed by atoms with van der Waals surface area (Å²) < 4.78 is 0. The Hall–Kier alpha value is -1.49. The van der Waals surface area contributed by atoms with Crippen LogP contribution in [0.4, 0.5) is 0 Å². The Kier molecular flexibility index (Phi) is 5.03. The maximum Gasteiger partial charge on any atom is 0.317 e. The normalized spacial score (nSPS) is 13.0. The Bertz CT molecular complexity index is 354. The largest absolute Gasteiger partial charge is 0.480 e. The van der Waals surface area contributed by atoms with Crippen LogP contribution >= 0.6 is 0 Å². The SMILES string of the molecule is CC(C)CN(CC(=O)O)C(C)c1cnccn1. The molecule has 94 valence electrons. The second-order valence-corrected chi connectivity index (χ2v) is 4.52. The molecule has 0 aliphatic rings. The highest BCUT2D eigenvalue weighted by Gasteiger charge is 2.20. The van der Waals surface area contributed by atoms with Crippen molar-refractivity contribution in [2.45, 2.75) is 26.8 Å². The molecule has 1 aromatic heterocycles. The molecule has 1 atom stereocenters. The first kappa shape index (κ1) is 13.6. The lowest BCUT2D eigenvalue weighted by atomic mass is 10.1. The first-order valence-electron chi connectivity index (χ1n) is 5.72. The lowest BCUT2D eigenvalue weighted by Gasteiger charge is -2.28. The third kappa shape index (κ3) is 4.48. The van der Waals surface area contributed by atoms with Crippen molar-refractivity contribution in [1.82, 2.24) is 14.9 Å². The fourth-order valence-electron chi connectivity index (χ4n) is 1.72. The first-order chi connectivity index (χ1) is 8.00. The van der Waals surface area contributed by atoms with Gasteiger partial charge in [-0.05, 0) is 12.8 Å². The van der Waals surface area contributed by atoms with Crippen molar-refractivity contribution in [2.75, 3.05) is 13.1 Å². The fourth-order valence-corrected chi connectivity index (χ4v) is 1.72. The Morgan fingerprint density at radius 1 is 1.41 bits per heavy atom. The van der Waals surface area contributed by atoms with Crippen LogP contribution in [0, 0.1) is 5.92 Å². The van der Waals surface area contributed by atoms with Crippen LogP contribution in [-0.4, -0.2) is 39.0 Å². The van der Waals surface area contributed by atoms with Gasteiger partial charge >= 0.3 is 5.97 Å². The molecule has 0 fully saturated rings. The summed E-state index contributed by atoms with van der Waals surface area (Å²) in [5, 5.41) is 8.91. The van der Waals surface area contributed by atoms with E-state index in [9.17, 15) is 4.79 Å². The number of hydrogen-bond acceptors (Lipinski definition) is 4. The van der Waals surface area contributed by atoms with E-state index in [0.717, 1.165) is 12.2 Å². The summed E-state index contributed by atoms with van der Waals surface area (Å²) in [5.41, 5.74) is 0.800. The number of aromatic nitrogens is 2. The molecular weight excluding hydrogens is 218 g/mol. The van der Waals surface area contributed by atoms with Gasteiger partial charge in [-0.3, -0.25) is 19.7 Å². The number of nitrogens with zero attached hydrogens (tertiary/aromatic N) is 3. The molecule has 0 aliphatic heterocycles. The van der Waals surface area contributed by atoms with Gasteiger partial charge in [-0.2, -0.15) is 0 Å². The van der Waals surface area contributed by atoms with E-state index >= 15 is 0 Å². The Balaban J connectivity index is 2.78. The van der Waals surface area contributed by atoms with Crippen molar-refractivity contribution in [3.8, 4) is 0 Å². The van der Waals surface area contributed by atoms with Crippen LogP contribution in [0.15, 0.2) is 18.6 Å². The molecule has 0 radical (unpaired) electrons. The number of carbonyl (C=O) groups is 1. The van der Waals surface area contributed by atoms with Crippen LogP contribution in [0.1, 0.15) is 32.5 Å². The van der Waals surface area contributed by atoms with E-state index in [-0.39, 0.29) is 12.6 Å². The average Bonchev–Trinajstić information content (AvgIpc) is 2.27. The van der Waals surface area contributed by atoms with Crippen LogP contribution in [0.3, 0.4) is 0 Å². The first-order valence-corrected chi connectivity index (χ1v) is 5.72. The molecule has 0 saturated carbocycles. The van der Waals surface area contributed by atoms with Crippen LogP contribution in [-0.2, 0) is 4.79 Å². The smallest absolute Gasteiger partial charge is 0.317 e. The molecule has 5 nitrogen and oxygen atoms in total. The topological polar surface area (TPSA) is 66.3 Å². The zero-order valence-electron chi connectivity index (χ0n) is 10.5. The molecule has 5 heteroatoms. The summed E-state index contributed by atoms with van der Waals surface area (Å²) in [5.74, 6) is -0.408. The van der Waals surface area contributed by atoms with Gasteiger partial charge in [0.1, 0.15) is 0 Å². The molecule has 1 rings (SSSR count). The quantitative estimate of drug-likeness (QED) is 0.813. The number of hydrogen-bond donors (Lipinski definition) is 1. The highest BCUT2D eigenvalue weighted by atomic mass is 16.4. The van der Waals surface area contributed by atoms with E-state index in [1.54, 1.807) is 18.6 Å². The molecule has 0 spiro atoms. The molecule has 0 saturated heterocycles. The highest BCUT2D eigenvalue weighted by Crippen LogP contribution is 2.18. The van der Waals surface area contributed by atoms with Gasteiger partial charge in [0, 0.05) is 25.1 Å². The Morgan fingerprint density at radius 3 is 2.59 bits per heavy atom. The molecule has 17 heavy (non-hydrogen) atoms. The second-order valence-electron chi connectivity index (χ2n) is 4.52. The summed E-state index contributed by atoms with van der Waals surface area (Å²) in [7, 11) is 0. The Labute approximate surface area is 102 Å². The average molecular weight is 237 g/mol. The van der Waals surface area contributed by atoms with E-state index in [2.05, 4.69) is 23.8 Å². The number of rotatable bonds is 6. The monoisotopic (exact) mass is 237 g/mol. The summed E-state index contributed by atoms with van der Waals surface area (Å²) in [6, 6.07) is -0.0396. The minimum atomic E-state index is -0.818. The van der Waals surface area contributed by atoms with Crippen molar-refractivity contribution in [3.05, 3.63) is 24.3 Å². The van der Waals surface area contributed by atoms with Gasteiger partial charge in [0.25, 0.3) is 0 Å².